The minimum absolute atomic E-state index is 0.175. The van der Waals surface area contributed by atoms with Crippen LogP contribution in [0.1, 0.15) is 33.1 Å². The summed E-state index contributed by atoms with van der Waals surface area (Å²) in [5, 5.41) is 6.19. The van der Waals surface area contributed by atoms with Gasteiger partial charge in [0, 0.05) is 36.7 Å². The highest BCUT2D eigenvalue weighted by atomic mass is 32.2. The average molecular weight is 664 g/mol. The van der Waals surface area contributed by atoms with E-state index >= 15 is 0 Å². The van der Waals surface area contributed by atoms with Crippen molar-refractivity contribution in [1.82, 2.24) is 19.2 Å². The van der Waals surface area contributed by atoms with Gasteiger partial charge >= 0.3 is 7.60 Å². The Labute approximate surface area is 265 Å². The summed E-state index contributed by atoms with van der Waals surface area (Å²) in [6.07, 6.45) is 3.73. The van der Waals surface area contributed by atoms with Crippen LogP contribution in [0.15, 0.2) is 65.7 Å². The maximum atomic E-state index is 13.9. The molecule has 4 rings (SSSR count). The second-order valence-electron chi connectivity index (χ2n) is 10.5. The molecule has 45 heavy (non-hydrogen) atoms. The van der Waals surface area contributed by atoms with Gasteiger partial charge in [0.2, 0.25) is 16.0 Å². The second kappa shape index (κ2) is 16.5. The van der Waals surface area contributed by atoms with Gasteiger partial charge < -0.3 is 30.3 Å². The molecule has 0 amide bonds. The molecule has 0 unspecified atom stereocenters. The number of anilines is 4. The molecular weight excluding hydrogens is 620 g/mol. The van der Waals surface area contributed by atoms with Gasteiger partial charge in [-0.15, -0.1) is 0 Å². The minimum Gasteiger partial charge on any atom is -0.340 e. The van der Waals surface area contributed by atoms with Gasteiger partial charge in [0.25, 0.3) is 0 Å². The highest BCUT2D eigenvalue weighted by Crippen LogP contribution is 2.47. The summed E-state index contributed by atoms with van der Waals surface area (Å²) in [6, 6.07) is 13.9. The topological polar surface area (TPSA) is 152 Å². The number of hydrogen-bond acceptors (Lipinski definition) is 11. The van der Waals surface area contributed by atoms with Gasteiger partial charge in [-0.25, -0.2) is 17.8 Å². The van der Waals surface area contributed by atoms with Gasteiger partial charge in [-0.2, -0.15) is 9.29 Å². The molecule has 15 heteroatoms. The van der Waals surface area contributed by atoms with Crippen molar-refractivity contribution in [2.24, 2.45) is 5.73 Å². The molecule has 0 bridgehead atoms. The van der Waals surface area contributed by atoms with E-state index in [0.717, 1.165) is 0 Å². The second-order valence-corrected chi connectivity index (χ2v) is 14.6. The van der Waals surface area contributed by atoms with Gasteiger partial charge in [0.15, 0.2) is 0 Å². The minimum atomic E-state index is -3.80. The number of nitrogens with zero attached hydrogens (tertiary/aromatic N) is 4. The summed E-state index contributed by atoms with van der Waals surface area (Å²) in [7, 11) is -6.93. The number of rotatable bonds is 17. The first-order valence-corrected chi connectivity index (χ1v) is 18.4. The Kier molecular flexibility index (Phi) is 12.8. The van der Waals surface area contributed by atoms with Crippen LogP contribution < -0.4 is 16.4 Å². The predicted octanol–water partition coefficient (Wildman–Crippen LogP) is 5.17. The molecule has 2 heterocycles. The van der Waals surface area contributed by atoms with E-state index in [9.17, 15) is 17.4 Å². The predicted molar refractivity (Wildman–Crippen MR) is 174 cm³/mol. The molecule has 12 nitrogen and oxygen atoms in total. The molecule has 3 aromatic rings. The summed E-state index contributed by atoms with van der Waals surface area (Å²) in [6.45, 7) is 6.85. The first-order valence-electron chi connectivity index (χ1n) is 15.2. The van der Waals surface area contributed by atoms with Gasteiger partial charge in [0.1, 0.15) is 11.6 Å². The average Bonchev–Trinajstić information content (AvgIpc) is 3.03. The highest BCUT2D eigenvalue weighted by Gasteiger charge is 2.34. The number of halogens is 1. The summed E-state index contributed by atoms with van der Waals surface area (Å²) in [5.74, 6) is 0.495. The molecule has 246 valence electrons. The Morgan fingerprint density at radius 3 is 2.24 bits per heavy atom. The maximum absolute atomic E-state index is 13.9. The summed E-state index contributed by atoms with van der Waals surface area (Å²) < 4.78 is 66.2. The monoisotopic (exact) mass is 663 g/mol. The van der Waals surface area contributed by atoms with E-state index in [0.29, 0.717) is 94.5 Å². The van der Waals surface area contributed by atoms with Crippen molar-refractivity contribution >= 4 is 40.8 Å². The number of nitrogens with one attached hydrogen (secondary N) is 2. The van der Waals surface area contributed by atoms with Crippen molar-refractivity contribution < 1.29 is 26.4 Å². The van der Waals surface area contributed by atoms with Crippen LogP contribution in [0.3, 0.4) is 0 Å². The quantitative estimate of drug-likeness (QED) is 0.164. The molecule has 0 atom stereocenters. The lowest BCUT2D eigenvalue weighted by atomic mass is 10.1. The third kappa shape index (κ3) is 10.0. The third-order valence-corrected chi connectivity index (χ3v) is 11.4. The van der Waals surface area contributed by atoms with Crippen LogP contribution in [0.4, 0.5) is 27.5 Å². The number of sulfonamides is 1. The van der Waals surface area contributed by atoms with Crippen molar-refractivity contribution in [2.45, 2.75) is 44.0 Å². The number of aromatic nitrogens is 2. The Hall–Kier alpha value is -2.97. The van der Waals surface area contributed by atoms with Crippen molar-refractivity contribution in [3.63, 3.8) is 0 Å². The zero-order valence-electron chi connectivity index (χ0n) is 25.8. The smallest absolute Gasteiger partial charge is 0.331 e. The Bertz CT molecular complexity index is 1500. The van der Waals surface area contributed by atoms with Crippen LogP contribution in [0, 0.1) is 5.82 Å². The van der Waals surface area contributed by atoms with Crippen molar-refractivity contribution in [3.05, 3.63) is 66.6 Å². The molecule has 2 aromatic carbocycles. The van der Waals surface area contributed by atoms with E-state index in [1.807, 2.05) is 0 Å². The van der Waals surface area contributed by atoms with E-state index in [4.69, 9.17) is 14.8 Å². The zero-order chi connectivity index (χ0) is 32.3. The lowest BCUT2D eigenvalue weighted by Crippen LogP contribution is -2.48. The summed E-state index contributed by atoms with van der Waals surface area (Å²) in [5.41, 5.74) is 7.07. The zero-order valence-corrected chi connectivity index (χ0v) is 27.5. The van der Waals surface area contributed by atoms with E-state index in [2.05, 4.69) is 25.5 Å². The van der Waals surface area contributed by atoms with Gasteiger partial charge in [-0.3, -0.25) is 4.57 Å². The molecule has 1 aliphatic heterocycles. The summed E-state index contributed by atoms with van der Waals surface area (Å²) in [4.78, 5) is 11.0. The van der Waals surface area contributed by atoms with Crippen LogP contribution in [-0.4, -0.2) is 85.7 Å². The van der Waals surface area contributed by atoms with Gasteiger partial charge in [-0.05, 0) is 107 Å². The largest absolute Gasteiger partial charge is 0.340 e. The van der Waals surface area contributed by atoms with E-state index < -0.39 is 17.6 Å². The van der Waals surface area contributed by atoms with Crippen LogP contribution in [0.5, 0.6) is 0 Å². The maximum Gasteiger partial charge on any atom is 0.331 e. The molecule has 1 fully saturated rings. The normalized spacial score (nSPS) is 15.0. The van der Waals surface area contributed by atoms with Crippen LogP contribution in [0.25, 0.3) is 0 Å². The third-order valence-electron chi connectivity index (χ3n) is 7.38. The van der Waals surface area contributed by atoms with E-state index in [1.165, 1.54) is 12.1 Å². The molecule has 0 aliphatic carbocycles. The molecule has 4 N–H and O–H groups in total. The first kappa shape index (κ1) is 34.9. The highest BCUT2D eigenvalue weighted by molar-refractivity contribution is 7.89. The fourth-order valence-electron chi connectivity index (χ4n) is 5.15. The summed E-state index contributed by atoms with van der Waals surface area (Å²) >= 11 is 0. The van der Waals surface area contributed by atoms with Crippen molar-refractivity contribution in [2.75, 3.05) is 62.7 Å². The molecular formula is C30H43FN7O5PS. The number of likely N-dealkylation sites (tertiary alicyclic amines) is 1. The number of hydrogen-bond donors (Lipinski definition) is 3. The Morgan fingerprint density at radius 2 is 1.62 bits per heavy atom. The standard InChI is InChI=1S/C30H43FN7O5PS/c1-3-42-44(39,43-4-2)23-22-37-20-15-27(16-21-37)38(19-5-17-32)45(40,41)28-12-10-26(11-13-28)35-30-33-18-14-29(36-30)34-25-8-6-24(31)7-9-25/h6-14,18,27H,3-5,15-17,19-23,32H2,1-2H3,(H2,33,34,35,36). The Balaban J connectivity index is 1.38. The number of nitrogens with two attached hydrogens (primary N) is 1. The molecule has 1 saturated heterocycles. The molecule has 1 aromatic heterocycles. The molecule has 0 saturated carbocycles. The van der Waals surface area contributed by atoms with Gasteiger partial charge in [-0.1, -0.05) is 0 Å². The SMILES string of the molecule is CCOP(=O)(CCN1CCC(N(CCCN)S(=O)(=O)c2ccc(Nc3nccc(Nc4ccc(F)cc4)n3)cc2)CC1)OCC. The van der Waals surface area contributed by atoms with E-state index in [1.54, 1.807) is 66.8 Å². The molecule has 0 spiro atoms. The van der Waals surface area contributed by atoms with Crippen LogP contribution >= 0.6 is 7.60 Å². The lowest BCUT2D eigenvalue weighted by Gasteiger charge is -2.38. The fourth-order valence-corrected chi connectivity index (χ4v) is 8.52. The fraction of sp³-hybridized carbons (Fsp3) is 0.467. The Morgan fingerprint density at radius 1 is 1.00 bits per heavy atom. The number of benzene rings is 2. The molecule has 0 radical (unpaired) electrons. The number of piperidine rings is 1. The van der Waals surface area contributed by atoms with Gasteiger partial charge in [0.05, 0.1) is 24.3 Å². The van der Waals surface area contributed by atoms with Crippen LogP contribution in [-0.2, 0) is 23.6 Å². The lowest BCUT2D eigenvalue weighted by molar-refractivity contribution is 0.159. The first-order chi connectivity index (χ1) is 21.7. The molecule has 1 aliphatic rings. The van der Waals surface area contributed by atoms with Crippen molar-refractivity contribution in [1.29, 1.82) is 0 Å². The van der Waals surface area contributed by atoms with Crippen molar-refractivity contribution in [3.8, 4) is 0 Å². The van der Waals surface area contributed by atoms with E-state index in [-0.39, 0.29) is 16.8 Å². The van der Waals surface area contributed by atoms with Crippen LogP contribution in [0.2, 0.25) is 0 Å².